The number of nitrogens with zero attached hydrogens (tertiary/aromatic N) is 3. The molecule has 0 aliphatic carbocycles. The molecule has 2 saturated heterocycles. The highest BCUT2D eigenvalue weighted by molar-refractivity contribution is 5.97. The van der Waals surface area contributed by atoms with Crippen LogP contribution in [0.15, 0.2) is 65.6 Å². The Morgan fingerprint density at radius 1 is 1.00 bits per heavy atom. The van der Waals surface area contributed by atoms with Crippen LogP contribution in [0.5, 0.6) is 0 Å². The smallest absolute Gasteiger partial charge is 0.475 e. The highest BCUT2D eigenvalue weighted by atomic mass is 19.4. The number of rotatable bonds is 12. The molecule has 6 rings (SSSR count). The second-order valence-corrected chi connectivity index (χ2v) is 13.9. The van der Waals surface area contributed by atoms with Crippen LogP contribution < -0.4 is 10.9 Å². The molecule has 4 heterocycles. The predicted octanol–water partition coefficient (Wildman–Crippen LogP) is 6.77. The van der Waals surface area contributed by atoms with E-state index in [-0.39, 0.29) is 29.1 Å². The molecule has 2 bridgehead atoms. The number of para-hydroxylation sites is 2. The van der Waals surface area contributed by atoms with Crippen molar-refractivity contribution >= 4 is 33.7 Å². The molecule has 2 aliphatic rings. The molecule has 0 saturated carbocycles. The lowest BCUT2D eigenvalue weighted by molar-refractivity contribution is -0.192. The lowest BCUT2D eigenvalue weighted by Crippen LogP contribution is -2.51. The molecule has 2 aromatic heterocycles. The zero-order valence-corrected chi connectivity index (χ0v) is 29.0. The number of likely N-dealkylation sites (N-methyl/N-ethyl adjacent to an activating group) is 1. The summed E-state index contributed by atoms with van der Waals surface area (Å²) in [6.45, 7) is 7.35. The zero-order chi connectivity index (χ0) is 36.0. The topological polar surface area (TPSA) is 111 Å². The van der Waals surface area contributed by atoms with Crippen molar-refractivity contribution in [3.05, 3.63) is 82.3 Å². The Morgan fingerprint density at radius 2 is 1.66 bits per heavy atom. The van der Waals surface area contributed by atoms with Gasteiger partial charge in [-0.05, 0) is 108 Å². The molecule has 50 heavy (non-hydrogen) atoms. The van der Waals surface area contributed by atoms with Crippen LogP contribution in [0, 0.1) is 0 Å². The second kappa shape index (κ2) is 16.2. The summed E-state index contributed by atoms with van der Waals surface area (Å²) in [5, 5.41) is 12.7. The third-order valence-corrected chi connectivity index (χ3v) is 10.1. The summed E-state index contributed by atoms with van der Waals surface area (Å²) >= 11 is 0. The molecule has 3 N–H and O–H groups in total. The molecule has 270 valence electrons. The van der Waals surface area contributed by atoms with Gasteiger partial charge in [0.1, 0.15) is 5.56 Å². The number of carboxylic acid groups (broad SMARTS) is 1. The average Bonchev–Trinajstić information content (AvgIpc) is 3.59. The van der Waals surface area contributed by atoms with Crippen molar-refractivity contribution in [2.24, 2.45) is 0 Å². The number of carbonyl (C=O) groups is 2. The summed E-state index contributed by atoms with van der Waals surface area (Å²) < 4.78 is 33.5. The maximum absolute atomic E-state index is 13.4. The van der Waals surface area contributed by atoms with Crippen LogP contribution in [0.4, 0.5) is 13.2 Å². The fourth-order valence-electron chi connectivity index (χ4n) is 7.60. The van der Waals surface area contributed by atoms with Crippen molar-refractivity contribution in [2.75, 3.05) is 26.7 Å². The van der Waals surface area contributed by atoms with Crippen LogP contribution in [0.3, 0.4) is 0 Å². The van der Waals surface area contributed by atoms with Gasteiger partial charge in [0.05, 0.1) is 5.52 Å². The number of hydrogen-bond acceptors (Lipinski definition) is 5. The van der Waals surface area contributed by atoms with Crippen LogP contribution in [0.2, 0.25) is 0 Å². The number of alkyl halides is 3. The van der Waals surface area contributed by atoms with E-state index in [0.717, 1.165) is 49.8 Å². The number of H-pyrrole nitrogens is 1. The van der Waals surface area contributed by atoms with Gasteiger partial charge in [-0.3, -0.25) is 14.5 Å². The third kappa shape index (κ3) is 8.95. The van der Waals surface area contributed by atoms with Crippen molar-refractivity contribution in [3.8, 4) is 0 Å². The summed E-state index contributed by atoms with van der Waals surface area (Å²) in [6.07, 6.45) is 6.23. The first kappa shape index (κ1) is 37.1. The molecule has 2 fully saturated rings. The van der Waals surface area contributed by atoms with Crippen LogP contribution >= 0.6 is 0 Å². The van der Waals surface area contributed by atoms with Crippen LogP contribution in [-0.4, -0.2) is 87.3 Å². The number of carboxylic acids is 1. The van der Waals surface area contributed by atoms with Crippen molar-refractivity contribution in [2.45, 2.75) is 95.6 Å². The summed E-state index contributed by atoms with van der Waals surface area (Å²) in [4.78, 5) is 44.2. The first-order valence-corrected chi connectivity index (χ1v) is 17.6. The Labute approximate surface area is 290 Å². The predicted molar refractivity (Wildman–Crippen MR) is 190 cm³/mol. The Balaban J connectivity index is 0.000000630. The average molecular weight is 696 g/mol. The monoisotopic (exact) mass is 695 g/mol. The normalized spacial score (nSPS) is 19.2. The van der Waals surface area contributed by atoms with Crippen molar-refractivity contribution in [1.82, 2.24) is 24.7 Å². The van der Waals surface area contributed by atoms with E-state index in [0.29, 0.717) is 12.1 Å². The van der Waals surface area contributed by atoms with Gasteiger partial charge in [0.25, 0.3) is 11.5 Å². The number of nitrogens with one attached hydrogen (secondary N) is 2. The molecule has 3 atom stereocenters. The molecule has 1 amide bonds. The van der Waals surface area contributed by atoms with Gasteiger partial charge >= 0.3 is 12.1 Å². The second-order valence-electron chi connectivity index (χ2n) is 13.9. The minimum absolute atomic E-state index is 0.0186. The van der Waals surface area contributed by atoms with Gasteiger partial charge in [0.2, 0.25) is 0 Å². The van der Waals surface area contributed by atoms with Gasteiger partial charge in [-0.15, -0.1) is 0 Å². The quantitative estimate of drug-likeness (QED) is 0.141. The number of fused-ring (bicyclic) bond motifs is 4. The van der Waals surface area contributed by atoms with E-state index in [9.17, 15) is 22.8 Å². The van der Waals surface area contributed by atoms with E-state index in [1.807, 2.05) is 38.1 Å². The van der Waals surface area contributed by atoms with Gasteiger partial charge < -0.3 is 24.9 Å². The fraction of sp³-hybridized carbons (Fsp3) is 0.500. The number of aromatic amines is 1. The molecule has 1 unspecified atom stereocenters. The number of halogens is 3. The molecule has 0 radical (unpaired) electrons. The van der Waals surface area contributed by atoms with E-state index in [1.165, 1.54) is 48.6 Å². The van der Waals surface area contributed by atoms with Crippen molar-refractivity contribution < 1.29 is 27.9 Å². The van der Waals surface area contributed by atoms with Crippen molar-refractivity contribution in [3.63, 3.8) is 0 Å². The first-order valence-electron chi connectivity index (χ1n) is 17.6. The van der Waals surface area contributed by atoms with Crippen molar-refractivity contribution in [1.29, 1.82) is 0 Å². The number of piperidine rings is 1. The maximum Gasteiger partial charge on any atom is 0.490 e. The highest BCUT2D eigenvalue weighted by Gasteiger charge is 2.41. The Bertz CT molecular complexity index is 1820. The lowest BCUT2D eigenvalue weighted by atomic mass is 9.96. The third-order valence-electron chi connectivity index (χ3n) is 10.1. The van der Waals surface area contributed by atoms with Gasteiger partial charge in [-0.1, -0.05) is 42.8 Å². The SMILES string of the molecule is CC(C)n1c(=O)c(C(=O)NC2C[C@H]3CC[C@@H](C2)N3CCCCCN(C)CCc2c[nH]c3ccccc23)cc2ccccc21.O=C(O)C(F)(F)F. The molecular weight excluding hydrogens is 647 g/mol. The fourth-order valence-corrected chi connectivity index (χ4v) is 7.60. The minimum atomic E-state index is -5.08. The van der Waals surface area contributed by atoms with Gasteiger partial charge in [0, 0.05) is 47.8 Å². The molecule has 0 spiro atoms. The summed E-state index contributed by atoms with van der Waals surface area (Å²) in [7, 11) is 2.24. The largest absolute Gasteiger partial charge is 0.490 e. The van der Waals surface area contributed by atoms with E-state index in [1.54, 1.807) is 10.6 Å². The van der Waals surface area contributed by atoms with Gasteiger partial charge in [0.15, 0.2) is 0 Å². The number of hydrogen-bond donors (Lipinski definition) is 3. The molecule has 2 aromatic carbocycles. The molecule has 4 aromatic rings. The van der Waals surface area contributed by atoms with Crippen LogP contribution in [0.25, 0.3) is 21.8 Å². The Morgan fingerprint density at radius 3 is 2.34 bits per heavy atom. The number of aliphatic carboxylic acids is 1. The van der Waals surface area contributed by atoms with E-state index in [4.69, 9.17) is 9.90 Å². The number of unbranched alkanes of at least 4 members (excludes halogenated alkanes) is 2. The molecule has 12 heteroatoms. The zero-order valence-electron chi connectivity index (χ0n) is 29.0. The summed E-state index contributed by atoms with van der Waals surface area (Å²) in [6, 6.07) is 19.3. The first-order chi connectivity index (χ1) is 23.8. The van der Waals surface area contributed by atoms with E-state index >= 15 is 0 Å². The van der Waals surface area contributed by atoms with Gasteiger partial charge in [-0.25, -0.2) is 4.79 Å². The minimum Gasteiger partial charge on any atom is -0.475 e. The van der Waals surface area contributed by atoms with Crippen LogP contribution in [0.1, 0.15) is 80.8 Å². The molecular formula is C38H48F3N5O4. The maximum atomic E-state index is 13.4. The van der Waals surface area contributed by atoms with E-state index in [2.05, 4.69) is 57.6 Å². The number of aromatic nitrogens is 2. The highest BCUT2D eigenvalue weighted by Crippen LogP contribution is 2.36. The standard InChI is InChI=1S/C36H47N5O2.C2HF3O2/c1-25(2)41-34-14-8-5-11-26(34)21-32(36(41)43)35(42)38-28-22-29-15-16-30(23-28)40(29)19-10-4-9-18-39(3)20-17-27-24-37-33-13-7-6-12-31(27)33;3-2(4,5)1(6)7/h5-8,11-14,21,24-25,28-30,37H,4,9-10,15-20,22-23H2,1-3H3,(H,38,42);(H,6,7)/t28?,29-,30+;. The number of benzene rings is 2. The van der Waals surface area contributed by atoms with Crippen LogP contribution in [-0.2, 0) is 11.2 Å². The molecule has 2 aliphatic heterocycles. The van der Waals surface area contributed by atoms with Gasteiger partial charge in [-0.2, -0.15) is 13.2 Å². The lowest BCUT2D eigenvalue weighted by Gasteiger charge is -2.39. The number of amides is 1. The number of pyridine rings is 1. The summed E-state index contributed by atoms with van der Waals surface area (Å²) in [5.41, 5.74) is 3.56. The van der Waals surface area contributed by atoms with E-state index < -0.39 is 12.1 Å². The Kier molecular flexibility index (Phi) is 12.1. The number of carbonyl (C=O) groups excluding carboxylic acids is 1. The molecule has 9 nitrogen and oxygen atoms in total. The Hall–Kier alpha value is -4.16. The summed E-state index contributed by atoms with van der Waals surface area (Å²) in [5.74, 6) is -2.98.